The lowest BCUT2D eigenvalue weighted by atomic mass is 9.95. The highest BCUT2D eigenvalue weighted by atomic mass is 32.2. The summed E-state index contributed by atoms with van der Waals surface area (Å²) in [7, 11) is -3.81. The van der Waals surface area contributed by atoms with Crippen LogP contribution in [0.5, 0.6) is 0 Å². The number of carboxylic acids is 1. The molecule has 1 heterocycles. The Morgan fingerprint density at radius 3 is 2.39 bits per heavy atom. The van der Waals surface area contributed by atoms with Gasteiger partial charge in [0.15, 0.2) is 5.76 Å². The SMILES string of the molecule is Cc1noc(C)c1S(=O)(=O)NCC(C)(C)C(=O)O. The van der Waals surface area contributed by atoms with Gasteiger partial charge in [0.25, 0.3) is 0 Å². The molecule has 1 aromatic heterocycles. The average molecular weight is 276 g/mol. The molecule has 0 bridgehead atoms. The Morgan fingerprint density at radius 1 is 1.44 bits per heavy atom. The van der Waals surface area contributed by atoms with Crippen LogP contribution in [0.1, 0.15) is 25.3 Å². The standard InChI is InChI=1S/C10H16N2O5S/c1-6-8(7(2)17-12-6)18(15,16)11-5-10(3,4)9(13)14/h11H,5H2,1-4H3,(H,13,14). The van der Waals surface area contributed by atoms with E-state index in [2.05, 4.69) is 9.88 Å². The minimum Gasteiger partial charge on any atom is -0.481 e. The van der Waals surface area contributed by atoms with Gasteiger partial charge in [-0.15, -0.1) is 0 Å². The van der Waals surface area contributed by atoms with Crippen LogP contribution in [0.15, 0.2) is 9.42 Å². The predicted octanol–water partition coefficient (Wildman–Crippen LogP) is 0.681. The van der Waals surface area contributed by atoms with E-state index in [9.17, 15) is 13.2 Å². The van der Waals surface area contributed by atoms with Crippen molar-refractivity contribution >= 4 is 16.0 Å². The van der Waals surface area contributed by atoms with Crippen LogP contribution in [0.25, 0.3) is 0 Å². The molecule has 0 spiro atoms. The Morgan fingerprint density at radius 2 is 2.00 bits per heavy atom. The van der Waals surface area contributed by atoms with Crippen LogP contribution in [-0.2, 0) is 14.8 Å². The minimum atomic E-state index is -3.81. The van der Waals surface area contributed by atoms with E-state index in [1.807, 2.05) is 0 Å². The molecule has 2 N–H and O–H groups in total. The number of carboxylic acid groups (broad SMARTS) is 1. The molecule has 0 aliphatic heterocycles. The quantitative estimate of drug-likeness (QED) is 0.818. The maximum atomic E-state index is 12.0. The summed E-state index contributed by atoms with van der Waals surface area (Å²) >= 11 is 0. The number of aryl methyl sites for hydroxylation is 2. The topological polar surface area (TPSA) is 110 Å². The molecular weight excluding hydrogens is 260 g/mol. The minimum absolute atomic E-state index is 0.0383. The molecule has 7 nitrogen and oxygen atoms in total. The summed E-state index contributed by atoms with van der Waals surface area (Å²) in [5.74, 6) is -0.905. The number of aliphatic carboxylic acids is 1. The van der Waals surface area contributed by atoms with Gasteiger partial charge in [0.05, 0.1) is 5.41 Å². The Kier molecular flexibility index (Phi) is 3.82. The third-order valence-corrected chi connectivity index (χ3v) is 4.16. The maximum absolute atomic E-state index is 12.0. The highest BCUT2D eigenvalue weighted by molar-refractivity contribution is 7.89. The molecule has 0 aliphatic rings. The lowest BCUT2D eigenvalue weighted by molar-refractivity contribution is -0.146. The Balaban J connectivity index is 2.95. The first-order valence-corrected chi connectivity index (χ1v) is 6.72. The first-order valence-electron chi connectivity index (χ1n) is 5.24. The summed E-state index contributed by atoms with van der Waals surface area (Å²) < 4.78 is 31.0. The van der Waals surface area contributed by atoms with E-state index in [1.165, 1.54) is 27.7 Å². The van der Waals surface area contributed by atoms with E-state index in [4.69, 9.17) is 9.63 Å². The fourth-order valence-corrected chi connectivity index (χ4v) is 2.82. The fourth-order valence-electron chi connectivity index (χ4n) is 1.28. The molecule has 0 saturated carbocycles. The molecule has 0 saturated heterocycles. The molecule has 1 rings (SSSR count). The molecule has 0 fully saturated rings. The lowest BCUT2D eigenvalue weighted by Gasteiger charge is -2.19. The summed E-state index contributed by atoms with van der Waals surface area (Å²) in [6.45, 7) is 5.65. The van der Waals surface area contributed by atoms with Crippen molar-refractivity contribution in [2.75, 3.05) is 6.54 Å². The van der Waals surface area contributed by atoms with Gasteiger partial charge in [0.1, 0.15) is 10.6 Å². The van der Waals surface area contributed by atoms with E-state index in [0.717, 1.165) is 0 Å². The summed E-state index contributed by atoms with van der Waals surface area (Å²) in [4.78, 5) is 10.9. The molecule has 18 heavy (non-hydrogen) atoms. The number of nitrogens with zero attached hydrogens (tertiary/aromatic N) is 1. The van der Waals surface area contributed by atoms with Crippen molar-refractivity contribution in [3.63, 3.8) is 0 Å². The number of sulfonamides is 1. The number of hydrogen-bond donors (Lipinski definition) is 2. The second-order valence-electron chi connectivity index (χ2n) is 4.67. The van der Waals surface area contributed by atoms with Crippen LogP contribution in [0.2, 0.25) is 0 Å². The van der Waals surface area contributed by atoms with E-state index >= 15 is 0 Å². The van der Waals surface area contributed by atoms with Crippen LogP contribution in [0.3, 0.4) is 0 Å². The van der Waals surface area contributed by atoms with Crippen molar-refractivity contribution in [2.24, 2.45) is 5.41 Å². The third kappa shape index (κ3) is 2.88. The largest absolute Gasteiger partial charge is 0.481 e. The first kappa shape index (κ1) is 14.7. The van der Waals surface area contributed by atoms with Crippen molar-refractivity contribution in [3.8, 4) is 0 Å². The number of carbonyl (C=O) groups is 1. The summed E-state index contributed by atoms with van der Waals surface area (Å²) in [6, 6.07) is 0. The molecule has 0 aliphatic carbocycles. The van der Waals surface area contributed by atoms with Crippen molar-refractivity contribution < 1.29 is 22.8 Å². The molecule has 8 heteroatoms. The Hall–Kier alpha value is -1.41. The van der Waals surface area contributed by atoms with Gasteiger partial charge in [-0.1, -0.05) is 5.16 Å². The second kappa shape index (κ2) is 4.69. The first-order chi connectivity index (χ1) is 8.08. The molecule has 0 unspecified atom stereocenters. The zero-order chi connectivity index (χ0) is 14.1. The smallest absolute Gasteiger partial charge is 0.310 e. The zero-order valence-electron chi connectivity index (χ0n) is 10.6. The number of hydrogen-bond acceptors (Lipinski definition) is 5. The maximum Gasteiger partial charge on any atom is 0.310 e. The summed E-state index contributed by atoms with van der Waals surface area (Å²) in [5.41, 5.74) is -0.945. The number of nitrogens with one attached hydrogen (secondary N) is 1. The van der Waals surface area contributed by atoms with Gasteiger partial charge in [0.2, 0.25) is 10.0 Å². The normalized spacial score (nSPS) is 12.7. The molecule has 0 amide bonds. The van der Waals surface area contributed by atoms with Crippen molar-refractivity contribution in [3.05, 3.63) is 11.5 Å². The molecule has 0 aromatic carbocycles. The van der Waals surface area contributed by atoms with Crippen LogP contribution < -0.4 is 4.72 Å². The van der Waals surface area contributed by atoms with Gasteiger partial charge in [-0.2, -0.15) is 0 Å². The van der Waals surface area contributed by atoms with Gasteiger partial charge in [-0.05, 0) is 27.7 Å². The van der Waals surface area contributed by atoms with Gasteiger partial charge < -0.3 is 9.63 Å². The number of aromatic nitrogens is 1. The molecule has 0 atom stereocenters. The number of rotatable bonds is 5. The van der Waals surface area contributed by atoms with E-state index < -0.39 is 21.4 Å². The second-order valence-corrected chi connectivity index (χ2v) is 6.37. The molecule has 1 aromatic rings. The van der Waals surface area contributed by atoms with Crippen molar-refractivity contribution in [2.45, 2.75) is 32.6 Å². The fraction of sp³-hybridized carbons (Fsp3) is 0.600. The Labute approximate surface area is 105 Å². The lowest BCUT2D eigenvalue weighted by Crippen LogP contribution is -2.39. The highest BCUT2D eigenvalue weighted by Gasteiger charge is 2.31. The van der Waals surface area contributed by atoms with Gasteiger partial charge >= 0.3 is 5.97 Å². The molecular formula is C10H16N2O5S. The van der Waals surface area contributed by atoms with Crippen LogP contribution in [-0.4, -0.2) is 31.2 Å². The monoisotopic (exact) mass is 276 g/mol. The highest BCUT2D eigenvalue weighted by Crippen LogP contribution is 2.20. The van der Waals surface area contributed by atoms with Gasteiger partial charge in [-0.3, -0.25) is 4.79 Å². The van der Waals surface area contributed by atoms with Crippen LogP contribution in [0, 0.1) is 19.3 Å². The van der Waals surface area contributed by atoms with Gasteiger partial charge in [0, 0.05) is 6.54 Å². The average Bonchev–Trinajstić information content (AvgIpc) is 2.56. The van der Waals surface area contributed by atoms with E-state index in [-0.39, 0.29) is 22.9 Å². The summed E-state index contributed by atoms with van der Waals surface area (Å²) in [5, 5.41) is 12.5. The predicted molar refractivity (Wildman–Crippen MR) is 62.6 cm³/mol. The van der Waals surface area contributed by atoms with E-state index in [1.54, 1.807) is 0 Å². The van der Waals surface area contributed by atoms with Gasteiger partial charge in [-0.25, -0.2) is 13.1 Å². The van der Waals surface area contributed by atoms with E-state index in [0.29, 0.717) is 0 Å². The van der Waals surface area contributed by atoms with Crippen molar-refractivity contribution in [1.29, 1.82) is 0 Å². The molecule has 0 radical (unpaired) electrons. The van der Waals surface area contributed by atoms with Crippen LogP contribution >= 0.6 is 0 Å². The van der Waals surface area contributed by atoms with Crippen molar-refractivity contribution in [1.82, 2.24) is 9.88 Å². The summed E-state index contributed by atoms with van der Waals surface area (Å²) in [6.07, 6.45) is 0. The van der Waals surface area contributed by atoms with Crippen LogP contribution in [0.4, 0.5) is 0 Å². The zero-order valence-corrected chi connectivity index (χ0v) is 11.5. The third-order valence-electron chi connectivity index (χ3n) is 2.52. The Bertz CT molecular complexity index is 539. The molecule has 102 valence electrons.